The van der Waals surface area contributed by atoms with E-state index in [4.69, 9.17) is 20.8 Å². The summed E-state index contributed by atoms with van der Waals surface area (Å²) < 4.78 is 11.1. The smallest absolute Gasteiger partial charge is 0.309 e. The van der Waals surface area contributed by atoms with Crippen molar-refractivity contribution in [3.8, 4) is 11.5 Å². The van der Waals surface area contributed by atoms with Crippen molar-refractivity contribution in [1.82, 2.24) is 15.5 Å². The number of ether oxygens (including phenoxy) is 1. The molecule has 1 N–H and O–H groups in total. The predicted molar refractivity (Wildman–Crippen MR) is 112 cm³/mol. The van der Waals surface area contributed by atoms with E-state index in [9.17, 15) is 9.59 Å². The van der Waals surface area contributed by atoms with Gasteiger partial charge in [0.15, 0.2) is 6.10 Å². The Kier molecular flexibility index (Phi) is 6.84. The van der Waals surface area contributed by atoms with E-state index in [0.717, 1.165) is 16.7 Å². The summed E-state index contributed by atoms with van der Waals surface area (Å²) in [6.45, 7) is 5.03. The Morgan fingerprint density at radius 3 is 2.40 bits per heavy atom. The molecule has 0 spiro atoms. The van der Waals surface area contributed by atoms with Crippen LogP contribution >= 0.6 is 11.6 Å². The molecule has 0 aliphatic carbocycles. The summed E-state index contributed by atoms with van der Waals surface area (Å²) in [7, 11) is 0. The fourth-order valence-electron chi connectivity index (χ4n) is 2.87. The maximum absolute atomic E-state index is 12.5. The van der Waals surface area contributed by atoms with E-state index >= 15 is 0 Å². The molecule has 2 aromatic carbocycles. The molecule has 0 bridgehead atoms. The van der Waals surface area contributed by atoms with Crippen LogP contribution in [0.1, 0.15) is 49.4 Å². The number of benzene rings is 2. The molecule has 0 saturated carbocycles. The van der Waals surface area contributed by atoms with Gasteiger partial charge in [-0.1, -0.05) is 41.4 Å². The maximum Gasteiger partial charge on any atom is 0.309 e. The second-order valence-corrected chi connectivity index (χ2v) is 7.39. The highest BCUT2D eigenvalue weighted by atomic mass is 35.5. The summed E-state index contributed by atoms with van der Waals surface area (Å²) in [5.74, 6) is -0.214. The first-order chi connectivity index (χ1) is 14.3. The first-order valence-electron chi connectivity index (χ1n) is 9.44. The molecule has 0 saturated heterocycles. The van der Waals surface area contributed by atoms with Crippen LogP contribution in [-0.4, -0.2) is 22.1 Å². The molecular weight excluding hydrogens is 406 g/mol. The zero-order valence-electron chi connectivity index (χ0n) is 16.9. The van der Waals surface area contributed by atoms with E-state index in [0.29, 0.717) is 10.9 Å². The van der Waals surface area contributed by atoms with Gasteiger partial charge in [0.2, 0.25) is 11.8 Å². The van der Waals surface area contributed by atoms with Crippen molar-refractivity contribution in [1.29, 1.82) is 0 Å². The Morgan fingerprint density at radius 2 is 1.77 bits per heavy atom. The summed E-state index contributed by atoms with van der Waals surface area (Å²) >= 11 is 5.92. The number of carbonyl (C=O) groups excluding carboxylic acids is 2. The molecule has 0 aliphatic heterocycles. The topological polar surface area (TPSA) is 94.3 Å². The van der Waals surface area contributed by atoms with Crippen molar-refractivity contribution in [3.05, 3.63) is 70.6 Å². The SMILES string of the molecule is CC(=O)NC(CC(=O)OC(C)c1nnc(-c2ccc(C)cc2)o1)c1ccc(Cl)cc1. The van der Waals surface area contributed by atoms with E-state index in [1.165, 1.54) is 6.92 Å². The summed E-state index contributed by atoms with van der Waals surface area (Å²) in [5, 5.41) is 11.3. The zero-order chi connectivity index (χ0) is 21.7. The third kappa shape index (κ3) is 5.67. The highest BCUT2D eigenvalue weighted by Crippen LogP contribution is 2.25. The van der Waals surface area contributed by atoms with Gasteiger partial charge in [0.05, 0.1) is 12.5 Å². The quantitative estimate of drug-likeness (QED) is 0.555. The molecule has 1 amide bonds. The molecule has 156 valence electrons. The van der Waals surface area contributed by atoms with Gasteiger partial charge in [-0.15, -0.1) is 10.2 Å². The maximum atomic E-state index is 12.5. The second-order valence-electron chi connectivity index (χ2n) is 6.95. The van der Waals surface area contributed by atoms with Crippen LogP contribution in [0.25, 0.3) is 11.5 Å². The van der Waals surface area contributed by atoms with Crippen LogP contribution in [-0.2, 0) is 14.3 Å². The summed E-state index contributed by atoms with van der Waals surface area (Å²) in [6.07, 6.45) is -0.780. The number of hydrogen-bond donors (Lipinski definition) is 1. The highest BCUT2D eigenvalue weighted by Gasteiger charge is 2.23. The Morgan fingerprint density at radius 1 is 1.10 bits per heavy atom. The first kappa shape index (κ1) is 21.5. The molecule has 1 heterocycles. The van der Waals surface area contributed by atoms with Gasteiger partial charge in [-0.25, -0.2) is 0 Å². The lowest BCUT2D eigenvalue weighted by Crippen LogP contribution is -2.28. The van der Waals surface area contributed by atoms with Crippen molar-refractivity contribution in [2.24, 2.45) is 0 Å². The molecule has 3 rings (SSSR count). The number of nitrogens with zero attached hydrogens (tertiary/aromatic N) is 2. The van der Waals surface area contributed by atoms with Crippen LogP contribution in [0, 0.1) is 6.92 Å². The Bertz CT molecular complexity index is 1020. The minimum atomic E-state index is -0.729. The van der Waals surface area contributed by atoms with Gasteiger partial charge in [0.25, 0.3) is 5.89 Å². The molecule has 3 aromatic rings. The van der Waals surface area contributed by atoms with E-state index in [-0.39, 0.29) is 18.2 Å². The Hall–Kier alpha value is -3.19. The number of esters is 1. The molecule has 2 atom stereocenters. The van der Waals surface area contributed by atoms with Crippen LogP contribution < -0.4 is 5.32 Å². The number of amides is 1. The monoisotopic (exact) mass is 427 g/mol. The lowest BCUT2D eigenvalue weighted by molar-refractivity contribution is -0.150. The molecular formula is C22H22ClN3O4. The molecule has 0 aliphatic rings. The van der Waals surface area contributed by atoms with E-state index in [1.54, 1.807) is 31.2 Å². The fraction of sp³-hybridized carbons (Fsp3) is 0.273. The molecule has 30 heavy (non-hydrogen) atoms. The minimum Gasteiger partial charge on any atom is -0.453 e. The van der Waals surface area contributed by atoms with Crippen molar-refractivity contribution < 1.29 is 18.7 Å². The second kappa shape index (κ2) is 9.54. The number of rotatable bonds is 7. The molecule has 1 aromatic heterocycles. The van der Waals surface area contributed by atoms with E-state index < -0.39 is 18.1 Å². The largest absolute Gasteiger partial charge is 0.453 e. The molecule has 8 heteroatoms. The van der Waals surface area contributed by atoms with Gasteiger partial charge in [-0.2, -0.15) is 0 Å². The summed E-state index contributed by atoms with van der Waals surface area (Å²) in [5.41, 5.74) is 2.65. The van der Waals surface area contributed by atoms with Gasteiger partial charge in [0.1, 0.15) is 0 Å². The normalized spacial score (nSPS) is 12.8. The van der Waals surface area contributed by atoms with Gasteiger partial charge >= 0.3 is 5.97 Å². The molecule has 2 unspecified atom stereocenters. The number of nitrogens with one attached hydrogen (secondary N) is 1. The molecule has 7 nitrogen and oxygen atoms in total. The van der Waals surface area contributed by atoms with Gasteiger partial charge in [-0.05, 0) is 43.7 Å². The summed E-state index contributed by atoms with van der Waals surface area (Å²) in [6, 6.07) is 14.0. The Labute approximate surface area is 179 Å². The van der Waals surface area contributed by atoms with Crippen molar-refractivity contribution in [2.45, 2.75) is 39.3 Å². The van der Waals surface area contributed by atoms with Crippen LogP contribution in [0.2, 0.25) is 5.02 Å². The molecule has 0 radical (unpaired) electrons. The van der Waals surface area contributed by atoms with Crippen molar-refractivity contribution in [2.75, 3.05) is 0 Å². The third-order valence-corrected chi connectivity index (χ3v) is 4.67. The lowest BCUT2D eigenvalue weighted by atomic mass is 10.0. The standard InChI is InChI=1S/C22H22ClN3O4/c1-13-4-6-17(7-5-13)22-26-25-21(30-22)14(2)29-20(28)12-19(24-15(3)27)16-8-10-18(23)11-9-16/h4-11,14,19H,12H2,1-3H3,(H,24,27). The zero-order valence-corrected chi connectivity index (χ0v) is 17.6. The van der Waals surface area contributed by atoms with Gasteiger partial charge < -0.3 is 14.5 Å². The number of carbonyl (C=O) groups is 2. The van der Waals surface area contributed by atoms with Crippen LogP contribution in [0.5, 0.6) is 0 Å². The van der Waals surface area contributed by atoms with E-state index in [2.05, 4.69) is 15.5 Å². The predicted octanol–water partition coefficient (Wildman–Crippen LogP) is 4.57. The highest BCUT2D eigenvalue weighted by molar-refractivity contribution is 6.30. The van der Waals surface area contributed by atoms with Crippen LogP contribution in [0.3, 0.4) is 0 Å². The minimum absolute atomic E-state index is 0.0511. The number of hydrogen-bond acceptors (Lipinski definition) is 6. The van der Waals surface area contributed by atoms with Gasteiger partial charge in [0, 0.05) is 17.5 Å². The van der Waals surface area contributed by atoms with Crippen LogP contribution in [0.15, 0.2) is 52.9 Å². The molecule has 0 fully saturated rings. The number of aromatic nitrogens is 2. The van der Waals surface area contributed by atoms with Gasteiger partial charge in [-0.3, -0.25) is 9.59 Å². The van der Waals surface area contributed by atoms with Crippen LogP contribution in [0.4, 0.5) is 0 Å². The lowest BCUT2D eigenvalue weighted by Gasteiger charge is -2.18. The number of aryl methyl sites for hydroxylation is 1. The fourth-order valence-corrected chi connectivity index (χ4v) is 2.99. The summed E-state index contributed by atoms with van der Waals surface area (Å²) in [4.78, 5) is 24.0. The number of halogens is 1. The van der Waals surface area contributed by atoms with Crippen molar-refractivity contribution in [3.63, 3.8) is 0 Å². The first-order valence-corrected chi connectivity index (χ1v) is 9.82. The Balaban J connectivity index is 1.66. The van der Waals surface area contributed by atoms with E-state index in [1.807, 2.05) is 31.2 Å². The average molecular weight is 428 g/mol. The van der Waals surface area contributed by atoms with Crippen molar-refractivity contribution >= 4 is 23.5 Å². The average Bonchev–Trinajstić information content (AvgIpc) is 3.18. The third-order valence-electron chi connectivity index (χ3n) is 4.42.